The number of piperazine rings is 1. The van der Waals surface area contributed by atoms with Crippen LogP contribution in [-0.2, 0) is 14.8 Å². The first-order valence-electron chi connectivity index (χ1n) is 10.7. The van der Waals surface area contributed by atoms with Crippen LogP contribution in [0.15, 0.2) is 65.7 Å². The third kappa shape index (κ3) is 4.96. The van der Waals surface area contributed by atoms with Crippen LogP contribution in [0, 0.1) is 0 Å². The summed E-state index contributed by atoms with van der Waals surface area (Å²) in [6, 6.07) is 15.2. The number of aromatic nitrogens is 2. The first kappa shape index (κ1) is 22.7. The number of hydrogen-bond acceptors (Lipinski definition) is 5. The van der Waals surface area contributed by atoms with Crippen molar-refractivity contribution in [3.8, 4) is 11.3 Å². The quantitative estimate of drug-likeness (QED) is 0.491. The molecule has 10 heteroatoms. The zero-order valence-electron chi connectivity index (χ0n) is 18.1. The van der Waals surface area contributed by atoms with Gasteiger partial charge in [0.2, 0.25) is 15.9 Å². The van der Waals surface area contributed by atoms with E-state index in [1.165, 1.54) is 24.3 Å². The predicted octanol–water partition coefficient (Wildman–Crippen LogP) is 2.08. The number of imidazole rings is 1. The van der Waals surface area contributed by atoms with E-state index < -0.39 is 10.0 Å². The number of nitrogens with one attached hydrogen (secondary N) is 3. The molecule has 1 unspecified atom stereocenters. The van der Waals surface area contributed by atoms with Crippen molar-refractivity contribution in [2.75, 3.05) is 19.6 Å². The summed E-state index contributed by atoms with van der Waals surface area (Å²) in [4.78, 5) is 32.1. The van der Waals surface area contributed by atoms with Gasteiger partial charge in [-0.25, -0.2) is 13.4 Å². The Morgan fingerprint density at radius 2 is 1.88 bits per heavy atom. The molecule has 1 fully saturated rings. The Kier molecular flexibility index (Phi) is 6.57. The molecule has 9 nitrogen and oxygen atoms in total. The Morgan fingerprint density at radius 1 is 1.15 bits per heavy atom. The van der Waals surface area contributed by atoms with E-state index in [0.29, 0.717) is 17.8 Å². The molecule has 0 spiro atoms. The average Bonchev–Trinajstić information content (AvgIpc) is 3.33. The molecule has 0 saturated carbocycles. The molecule has 3 N–H and O–H groups in total. The van der Waals surface area contributed by atoms with Crippen LogP contribution in [0.4, 0.5) is 0 Å². The summed E-state index contributed by atoms with van der Waals surface area (Å²) in [5, 5.41) is 5.55. The van der Waals surface area contributed by atoms with Gasteiger partial charge < -0.3 is 15.6 Å². The summed E-state index contributed by atoms with van der Waals surface area (Å²) in [7, 11) is -3.81. The highest BCUT2D eigenvalue weighted by Gasteiger charge is 2.29. The number of sulfonamides is 1. The first-order valence-corrected chi connectivity index (χ1v) is 12.1. The molecule has 1 atom stereocenters. The lowest BCUT2D eigenvalue weighted by molar-refractivity contribution is -0.122. The van der Waals surface area contributed by atoms with Crippen LogP contribution >= 0.6 is 0 Å². The summed E-state index contributed by atoms with van der Waals surface area (Å²) in [5.41, 5.74) is 2.19. The molecular formula is C23H25N5O4S. The molecule has 33 heavy (non-hydrogen) atoms. The molecule has 1 aromatic heterocycles. The molecule has 4 rings (SSSR count). The number of rotatable bonds is 7. The van der Waals surface area contributed by atoms with E-state index in [2.05, 4.69) is 20.6 Å². The van der Waals surface area contributed by atoms with Crippen LogP contribution in [0.5, 0.6) is 0 Å². The normalized spacial score (nSPS) is 15.6. The molecule has 1 aliphatic heterocycles. The smallest absolute Gasteiger partial charge is 0.251 e. The van der Waals surface area contributed by atoms with Crippen molar-refractivity contribution in [1.82, 2.24) is 24.9 Å². The van der Waals surface area contributed by atoms with E-state index in [1.807, 2.05) is 37.3 Å². The number of amides is 2. The van der Waals surface area contributed by atoms with Crippen LogP contribution < -0.4 is 10.6 Å². The topological polar surface area (TPSA) is 124 Å². The van der Waals surface area contributed by atoms with E-state index in [0.717, 1.165) is 15.6 Å². The number of aromatic amines is 1. The van der Waals surface area contributed by atoms with Gasteiger partial charge in [0.15, 0.2) is 0 Å². The van der Waals surface area contributed by atoms with Crippen LogP contribution in [0.2, 0.25) is 0 Å². The van der Waals surface area contributed by atoms with Gasteiger partial charge in [-0.3, -0.25) is 9.59 Å². The van der Waals surface area contributed by atoms with Crippen molar-refractivity contribution >= 4 is 21.8 Å². The maximum Gasteiger partial charge on any atom is 0.251 e. The van der Waals surface area contributed by atoms with E-state index >= 15 is 0 Å². The van der Waals surface area contributed by atoms with Gasteiger partial charge in [-0.15, -0.1) is 0 Å². The Morgan fingerprint density at radius 3 is 2.55 bits per heavy atom. The van der Waals surface area contributed by atoms with Crippen molar-refractivity contribution in [1.29, 1.82) is 0 Å². The van der Waals surface area contributed by atoms with Crippen molar-refractivity contribution < 1.29 is 18.0 Å². The Labute approximate surface area is 192 Å². The van der Waals surface area contributed by atoms with Crippen molar-refractivity contribution in [2.24, 2.45) is 0 Å². The SMILES string of the molecule is CCC(NC(=O)c1ccc(S(=O)(=O)N2CCNC(=O)C2)cc1)c1ncc(-c2ccccc2)[nH]1. The number of benzene rings is 2. The molecule has 0 radical (unpaired) electrons. The second kappa shape index (κ2) is 9.55. The average molecular weight is 468 g/mol. The van der Waals surface area contributed by atoms with Gasteiger partial charge in [0.1, 0.15) is 5.82 Å². The molecule has 2 aromatic carbocycles. The van der Waals surface area contributed by atoms with Crippen LogP contribution in [-0.4, -0.2) is 54.1 Å². The van der Waals surface area contributed by atoms with Gasteiger partial charge in [-0.2, -0.15) is 4.31 Å². The fraction of sp³-hybridized carbons (Fsp3) is 0.261. The van der Waals surface area contributed by atoms with Crippen molar-refractivity contribution in [2.45, 2.75) is 24.3 Å². The zero-order valence-corrected chi connectivity index (χ0v) is 18.9. The van der Waals surface area contributed by atoms with Crippen LogP contribution in [0.3, 0.4) is 0 Å². The van der Waals surface area contributed by atoms with Gasteiger partial charge >= 0.3 is 0 Å². The van der Waals surface area contributed by atoms with Gasteiger partial charge in [-0.1, -0.05) is 37.3 Å². The van der Waals surface area contributed by atoms with Gasteiger partial charge in [-0.05, 0) is 36.2 Å². The van der Waals surface area contributed by atoms with Gasteiger partial charge in [0.05, 0.1) is 29.4 Å². The monoisotopic (exact) mass is 467 g/mol. The highest BCUT2D eigenvalue weighted by molar-refractivity contribution is 7.89. The fourth-order valence-electron chi connectivity index (χ4n) is 3.63. The second-order valence-electron chi connectivity index (χ2n) is 7.70. The van der Waals surface area contributed by atoms with E-state index in [9.17, 15) is 18.0 Å². The van der Waals surface area contributed by atoms with Crippen LogP contribution in [0.1, 0.15) is 35.6 Å². The van der Waals surface area contributed by atoms with Crippen molar-refractivity contribution in [3.63, 3.8) is 0 Å². The summed E-state index contributed by atoms with van der Waals surface area (Å²) < 4.78 is 26.7. The number of carbonyl (C=O) groups is 2. The Bertz CT molecular complexity index is 1240. The maximum atomic E-state index is 12.8. The summed E-state index contributed by atoms with van der Waals surface area (Å²) in [6.07, 6.45) is 2.36. The van der Waals surface area contributed by atoms with Crippen molar-refractivity contribution in [3.05, 3.63) is 72.2 Å². The molecular weight excluding hydrogens is 442 g/mol. The lowest BCUT2D eigenvalue weighted by Crippen LogP contribution is -2.49. The molecule has 0 bridgehead atoms. The third-order valence-electron chi connectivity index (χ3n) is 5.48. The molecule has 3 aromatic rings. The molecule has 2 amide bonds. The molecule has 1 aliphatic rings. The first-order chi connectivity index (χ1) is 15.9. The number of nitrogens with zero attached hydrogens (tertiary/aromatic N) is 2. The maximum absolute atomic E-state index is 12.8. The van der Waals surface area contributed by atoms with E-state index in [4.69, 9.17) is 0 Å². The third-order valence-corrected chi connectivity index (χ3v) is 7.34. The standard InChI is InChI=1S/C23H25N5O4S/c1-2-19(22-25-14-20(26-22)16-6-4-3-5-7-16)27-23(30)17-8-10-18(11-9-17)33(31,32)28-13-12-24-21(29)15-28/h3-11,14,19H,2,12-13,15H2,1H3,(H,24,29)(H,25,26)(H,27,30). The summed E-state index contributed by atoms with van der Waals surface area (Å²) in [6.45, 7) is 2.22. The molecule has 1 saturated heterocycles. The largest absolute Gasteiger partial charge is 0.354 e. The van der Waals surface area contributed by atoms with E-state index in [1.54, 1.807) is 6.20 Å². The summed E-state index contributed by atoms with van der Waals surface area (Å²) >= 11 is 0. The predicted molar refractivity (Wildman–Crippen MR) is 123 cm³/mol. The highest BCUT2D eigenvalue weighted by atomic mass is 32.2. The number of carbonyl (C=O) groups excluding carboxylic acids is 2. The minimum atomic E-state index is -3.81. The lowest BCUT2D eigenvalue weighted by atomic mass is 10.1. The van der Waals surface area contributed by atoms with Gasteiger partial charge in [0, 0.05) is 18.7 Å². The zero-order chi connectivity index (χ0) is 23.4. The number of H-pyrrole nitrogens is 1. The van der Waals surface area contributed by atoms with Gasteiger partial charge in [0.25, 0.3) is 5.91 Å². The Hall–Kier alpha value is -3.50. The molecule has 2 heterocycles. The number of hydrogen-bond donors (Lipinski definition) is 3. The Balaban J connectivity index is 1.46. The lowest BCUT2D eigenvalue weighted by Gasteiger charge is -2.25. The van der Waals surface area contributed by atoms with E-state index in [-0.39, 0.29) is 42.4 Å². The second-order valence-corrected chi connectivity index (χ2v) is 9.63. The molecule has 0 aliphatic carbocycles. The summed E-state index contributed by atoms with van der Waals surface area (Å²) in [5.74, 6) is -0.0205. The minimum Gasteiger partial charge on any atom is -0.354 e. The molecule has 172 valence electrons. The minimum absolute atomic E-state index is 0.0410. The van der Waals surface area contributed by atoms with Crippen LogP contribution in [0.25, 0.3) is 11.3 Å². The highest BCUT2D eigenvalue weighted by Crippen LogP contribution is 2.21. The fourth-order valence-corrected chi connectivity index (χ4v) is 5.03.